The van der Waals surface area contributed by atoms with Crippen LogP contribution in [0.4, 0.5) is 0 Å². The van der Waals surface area contributed by atoms with Gasteiger partial charge >= 0.3 is 0 Å². The Balaban J connectivity index is 2.78. The number of nitrogens with zero attached hydrogens (tertiary/aromatic N) is 2. The number of oxime groups is 2. The van der Waals surface area contributed by atoms with Gasteiger partial charge in [0.1, 0.15) is 11.4 Å². The topological polar surface area (TPSA) is 133 Å². The summed E-state index contributed by atoms with van der Waals surface area (Å²) in [6.45, 7) is 6.12. The van der Waals surface area contributed by atoms with Crippen LogP contribution in [0.5, 0.6) is 0 Å². The Labute approximate surface area is 176 Å². The summed E-state index contributed by atoms with van der Waals surface area (Å²) in [7, 11) is -8.89. The van der Waals surface area contributed by atoms with Gasteiger partial charge in [-0.1, -0.05) is 52.6 Å². The molecule has 0 heterocycles. The monoisotopic (exact) mass is 452 g/mol. The lowest BCUT2D eigenvalue weighted by Crippen LogP contribution is -2.41. The summed E-state index contributed by atoms with van der Waals surface area (Å²) in [6.07, 6.45) is 0. The molecular formula is C20H24N2O6S2. The highest BCUT2D eigenvalue weighted by Crippen LogP contribution is 2.32. The average Bonchev–Trinajstić information content (AvgIpc) is 2.68. The van der Waals surface area contributed by atoms with Crippen LogP contribution in [0, 0.1) is 19.8 Å². The first-order chi connectivity index (χ1) is 14.0. The van der Waals surface area contributed by atoms with Gasteiger partial charge < -0.3 is 10.4 Å². The minimum Gasteiger partial charge on any atom is -0.411 e. The van der Waals surface area contributed by atoms with Crippen LogP contribution in [-0.4, -0.2) is 43.3 Å². The molecule has 0 aliphatic rings. The van der Waals surface area contributed by atoms with E-state index in [-0.39, 0.29) is 21.2 Å². The second-order valence-electron chi connectivity index (χ2n) is 7.04. The van der Waals surface area contributed by atoms with E-state index in [9.17, 15) is 22.0 Å². The third-order valence-corrected chi connectivity index (χ3v) is 10.2. The summed E-state index contributed by atoms with van der Waals surface area (Å²) < 4.78 is 51.9. The Kier molecular flexibility index (Phi) is 7.04. The van der Waals surface area contributed by atoms with Crippen LogP contribution < -0.4 is 0 Å². The zero-order valence-electron chi connectivity index (χ0n) is 17.0. The molecule has 2 aromatic rings. The summed E-state index contributed by atoms with van der Waals surface area (Å²) in [6, 6.07) is 11.6. The number of hydrogen-bond donors (Lipinski definition) is 2. The van der Waals surface area contributed by atoms with Gasteiger partial charge in [-0.2, -0.15) is 0 Å². The predicted molar refractivity (Wildman–Crippen MR) is 114 cm³/mol. The first-order valence-corrected chi connectivity index (χ1v) is 12.1. The molecule has 1 atom stereocenters. The highest BCUT2D eigenvalue weighted by molar-refractivity contribution is 8.09. The van der Waals surface area contributed by atoms with Gasteiger partial charge in [0.2, 0.25) is 0 Å². The van der Waals surface area contributed by atoms with Crippen LogP contribution in [-0.2, 0) is 19.7 Å². The lowest BCUT2D eigenvalue weighted by atomic mass is 10.0. The molecule has 0 radical (unpaired) electrons. The van der Waals surface area contributed by atoms with Crippen LogP contribution >= 0.6 is 0 Å². The van der Waals surface area contributed by atoms with Crippen molar-refractivity contribution in [2.75, 3.05) is 0 Å². The standard InChI is InChI=1S/C20H24N2O6S2/c1-13-5-9-17(10-6-13)29(25,26)20(15(3)19(22-24)16(4)21-23)30(27,28)18-11-7-14(2)8-12-18/h5-12,15,20,23-24H,1-4H3. The molecule has 0 bridgehead atoms. The van der Waals surface area contributed by atoms with Crippen LogP contribution in [0.1, 0.15) is 25.0 Å². The Morgan fingerprint density at radius 1 is 0.767 bits per heavy atom. The molecule has 0 aromatic heterocycles. The number of rotatable bonds is 7. The molecular weight excluding hydrogens is 428 g/mol. The van der Waals surface area contributed by atoms with E-state index < -0.39 is 30.2 Å². The van der Waals surface area contributed by atoms with Gasteiger partial charge in [0.05, 0.1) is 9.79 Å². The molecule has 2 aromatic carbocycles. The summed E-state index contributed by atoms with van der Waals surface area (Å²) in [4.78, 5) is -0.368. The first kappa shape index (κ1) is 23.6. The second-order valence-corrected chi connectivity index (χ2v) is 11.5. The lowest BCUT2D eigenvalue weighted by Gasteiger charge is -2.25. The van der Waals surface area contributed by atoms with Gasteiger partial charge in [-0.3, -0.25) is 0 Å². The maximum atomic E-state index is 13.5. The molecule has 2 N–H and O–H groups in total. The SMILES string of the molecule is CC(=NO)C(=NO)C(C)C(S(=O)(=O)c1ccc(C)cc1)S(=O)(=O)c1ccc(C)cc1. The molecule has 162 valence electrons. The zero-order chi connectivity index (χ0) is 22.7. The van der Waals surface area contributed by atoms with E-state index in [0.29, 0.717) is 0 Å². The number of sulfone groups is 2. The number of hydrogen-bond acceptors (Lipinski definition) is 8. The highest BCUT2D eigenvalue weighted by Gasteiger charge is 2.46. The Morgan fingerprint density at radius 3 is 1.43 bits per heavy atom. The van der Waals surface area contributed by atoms with Crippen LogP contribution in [0.25, 0.3) is 0 Å². The number of benzene rings is 2. The summed E-state index contributed by atoms with van der Waals surface area (Å²) in [5, 5.41) is 24.4. The van der Waals surface area contributed by atoms with Gasteiger partial charge in [0.15, 0.2) is 24.3 Å². The third-order valence-electron chi connectivity index (χ3n) is 4.78. The lowest BCUT2D eigenvalue weighted by molar-refractivity contribution is 0.311. The van der Waals surface area contributed by atoms with Crippen molar-refractivity contribution >= 4 is 31.1 Å². The van der Waals surface area contributed by atoms with Crippen molar-refractivity contribution in [3.05, 3.63) is 59.7 Å². The molecule has 2 rings (SSSR count). The maximum Gasteiger partial charge on any atom is 0.196 e. The van der Waals surface area contributed by atoms with E-state index in [2.05, 4.69) is 10.3 Å². The molecule has 10 heteroatoms. The Hall–Kier alpha value is -2.72. The quantitative estimate of drug-likeness (QED) is 0.376. The molecule has 1 unspecified atom stereocenters. The fraction of sp³-hybridized carbons (Fsp3) is 0.300. The van der Waals surface area contributed by atoms with Gasteiger partial charge in [-0.25, -0.2) is 16.8 Å². The van der Waals surface area contributed by atoms with E-state index in [1.807, 2.05) is 0 Å². The molecule has 8 nitrogen and oxygen atoms in total. The minimum atomic E-state index is -4.45. The summed E-state index contributed by atoms with van der Waals surface area (Å²) in [5.41, 5.74) is 1.06. The van der Waals surface area contributed by atoms with Crippen LogP contribution in [0.15, 0.2) is 68.6 Å². The van der Waals surface area contributed by atoms with Gasteiger partial charge in [0.25, 0.3) is 0 Å². The molecule has 0 aliphatic carbocycles. The van der Waals surface area contributed by atoms with E-state index >= 15 is 0 Å². The van der Waals surface area contributed by atoms with Gasteiger partial charge in [-0.05, 0) is 45.0 Å². The molecule has 30 heavy (non-hydrogen) atoms. The van der Waals surface area contributed by atoms with Crippen molar-refractivity contribution in [2.45, 2.75) is 42.1 Å². The van der Waals surface area contributed by atoms with Crippen molar-refractivity contribution < 1.29 is 27.3 Å². The third kappa shape index (κ3) is 4.54. The maximum absolute atomic E-state index is 13.5. The van der Waals surface area contributed by atoms with Crippen molar-refractivity contribution in [2.24, 2.45) is 16.2 Å². The smallest absolute Gasteiger partial charge is 0.196 e. The zero-order valence-corrected chi connectivity index (χ0v) is 18.6. The summed E-state index contributed by atoms with van der Waals surface area (Å²) >= 11 is 0. The van der Waals surface area contributed by atoms with E-state index in [1.165, 1.54) is 38.1 Å². The largest absolute Gasteiger partial charge is 0.411 e. The van der Waals surface area contributed by atoms with E-state index in [1.54, 1.807) is 38.1 Å². The predicted octanol–water partition coefficient (Wildman–Crippen LogP) is 3.19. The minimum absolute atomic E-state index is 0.184. The molecule has 0 spiro atoms. The fourth-order valence-corrected chi connectivity index (χ4v) is 8.00. The van der Waals surface area contributed by atoms with Crippen molar-refractivity contribution in [3.8, 4) is 0 Å². The van der Waals surface area contributed by atoms with Gasteiger partial charge in [0, 0.05) is 5.92 Å². The summed E-state index contributed by atoms with van der Waals surface area (Å²) in [5.74, 6) is -1.34. The average molecular weight is 453 g/mol. The Bertz CT molecular complexity index is 1090. The molecule has 0 saturated heterocycles. The van der Waals surface area contributed by atoms with Crippen LogP contribution in [0.2, 0.25) is 0 Å². The second kappa shape index (κ2) is 8.97. The van der Waals surface area contributed by atoms with E-state index in [4.69, 9.17) is 5.21 Å². The van der Waals surface area contributed by atoms with Gasteiger partial charge in [-0.15, -0.1) is 0 Å². The normalized spacial score (nSPS) is 14.7. The molecule has 0 aliphatic heterocycles. The van der Waals surface area contributed by atoms with Crippen molar-refractivity contribution in [1.29, 1.82) is 0 Å². The highest BCUT2D eigenvalue weighted by atomic mass is 32.3. The molecule has 0 fully saturated rings. The molecule has 0 amide bonds. The fourth-order valence-electron chi connectivity index (χ4n) is 3.10. The first-order valence-electron chi connectivity index (χ1n) is 8.99. The molecule has 0 saturated carbocycles. The van der Waals surface area contributed by atoms with Crippen molar-refractivity contribution in [3.63, 3.8) is 0 Å². The van der Waals surface area contributed by atoms with E-state index in [0.717, 1.165) is 11.1 Å². The van der Waals surface area contributed by atoms with Crippen LogP contribution in [0.3, 0.4) is 0 Å². The van der Waals surface area contributed by atoms with Crippen molar-refractivity contribution in [1.82, 2.24) is 0 Å². The number of aryl methyl sites for hydroxylation is 2. The Morgan fingerprint density at radius 2 is 1.13 bits per heavy atom.